The zero-order valence-corrected chi connectivity index (χ0v) is 17.5. The Bertz CT molecular complexity index is 855. The van der Waals surface area contributed by atoms with Crippen LogP contribution in [0.1, 0.15) is 32.1 Å². The number of nitrogens with two attached hydrogens (primary N) is 1. The van der Waals surface area contributed by atoms with Gasteiger partial charge in [-0.15, -0.1) is 12.4 Å². The molecule has 8 heteroatoms. The third-order valence-electron chi connectivity index (χ3n) is 3.97. The highest BCUT2D eigenvalue weighted by atomic mass is 35.5. The van der Waals surface area contributed by atoms with Crippen molar-refractivity contribution in [3.63, 3.8) is 0 Å². The van der Waals surface area contributed by atoms with Gasteiger partial charge >= 0.3 is 0 Å². The van der Waals surface area contributed by atoms with E-state index in [1.54, 1.807) is 36.4 Å². The van der Waals surface area contributed by atoms with Crippen LogP contribution in [0, 0.1) is 0 Å². The molecule has 3 N–H and O–H groups in total. The van der Waals surface area contributed by atoms with Crippen LogP contribution in [-0.4, -0.2) is 27.1 Å². The molecule has 0 spiro atoms. The molecule has 154 valence electrons. The van der Waals surface area contributed by atoms with E-state index in [4.69, 9.17) is 10.5 Å². The van der Waals surface area contributed by atoms with Gasteiger partial charge in [0, 0.05) is 18.4 Å². The lowest BCUT2D eigenvalue weighted by atomic mass is 10.1. The van der Waals surface area contributed by atoms with Crippen molar-refractivity contribution >= 4 is 33.8 Å². The van der Waals surface area contributed by atoms with E-state index in [0.717, 1.165) is 31.9 Å². The average molecular weight is 427 g/mol. The molecule has 0 saturated heterocycles. The van der Waals surface area contributed by atoms with Gasteiger partial charge in [0.1, 0.15) is 11.5 Å². The van der Waals surface area contributed by atoms with Gasteiger partial charge in [0.05, 0.1) is 4.90 Å². The molecule has 0 radical (unpaired) electrons. The van der Waals surface area contributed by atoms with Gasteiger partial charge in [-0.25, -0.2) is 8.42 Å². The van der Waals surface area contributed by atoms with Crippen LogP contribution in [0.5, 0.6) is 11.5 Å². The normalized spacial score (nSPS) is 10.8. The molecule has 0 heterocycles. The van der Waals surface area contributed by atoms with E-state index in [2.05, 4.69) is 5.32 Å². The molecule has 0 aliphatic carbocycles. The standard InChI is InChI=1S/C20H26N2O4S.ClH/c1-27(24,25)19-8-6-7-18(15-19)26-17-12-10-16(11-13-17)22-20(23)9-4-2-3-5-14-21;/h6-8,10-13,15H,2-5,9,14,21H2,1H3,(H,22,23);1H. The predicted molar refractivity (Wildman–Crippen MR) is 114 cm³/mol. The maximum absolute atomic E-state index is 11.9. The van der Waals surface area contributed by atoms with Crippen LogP contribution in [0.25, 0.3) is 0 Å². The summed E-state index contributed by atoms with van der Waals surface area (Å²) in [6.45, 7) is 0.694. The Morgan fingerprint density at radius 2 is 1.68 bits per heavy atom. The van der Waals surface area contributed by atoms with Crippen molar-refractivity contribution in [2.24, 2.45) is 5.73 Å². The minimum atomic E-state index is -3.28. The van der Waals surface area contributed by atoms with Gasteiger partial charge in [-0.3, -0.25) is 4.79 Å². The quantitative estimate of drug-likeness (QED) is 0.556. The topological polar surface area (TPSA) is 98.5 Å². The number of sulfone groups is 1. The van der Waals surface area contributed by atoms with E-state index in [9.17, 15) is 13.2 Å². The zero-order valence-electron chi connectivity index (χ0n) is 15.9. The summed E-state index contributed by atoms with van der Waals surface area (Å²) in [4.78, 5) is 12.1. The number of benzene rings is 2. The highest BCUT2D eigenvalue weighted by Crippen LogP contribution is 2.25. The van der Waals surface area contributed by atoms with E-state index in [1.165, 1.54) is 12.1 Å². The number of hydrogen-bond donors (Lipinski definition) is 2. The first-order valence-electron chi connectivity index (χ1n) is 8.96. The van der Waals surface area contributed by atoms with Gasteiger partial charge < -0.3 is 15.8 Å². The van der Waals surface area contributed by atoms with Crippen LogP contribution >= 0.6 is 12.4 Å². The third-order valence-corrected chi connectivity index (χ3v) is 5.08. The second kappa shape index (κ2) is 11.7. The monoisotopic (exact) mass is 426 g/mol. The molecule has 6 nitrogen and oxygen atoms in total. The smallest absolute Gasteiger partial charge is 0.224 e. The lowest BCUT2D eigenvalue weighted by molar-refractivity contribution is -0.116. The number of ether oxygens (including phenoxy) is 1. The van der Waals surface area contributed by atoms with Crippen LogP contribution < -0.4 is 15.8 Å². The first kappa shape index (κ1) is 23.9. The lowest BCUT2D eigenvalue weighted by Crippen LogP contribution is -2.11. The summed E-state index contributed by atoms with van der Waals surface area (Å²) in [6, 6.07) is 13.3. The minimum Gasteiger partial charge on any atom is -0.457 e. The first-order valence-corrected chi connectivity index (χ1v) is 10.9. The van der Waals surface area contributed by atoms with E-state index in [-0.39, 0.29) is 23.2 Å². The van der Waals surface area contributed by atoms with Gasteiger partial charge in [-0.2, -0.15) is 0 Å². The summed E-state index contributed by atoms with van der Waals surface area (Å²) in [6.07, 6.45) is 5.54. The number of unbranched alkanes of at least 4 members (excludes halogenated alkanes) is 3. The van der Waals surface area contributed by atoms with Crippen molar-refractivity contribution in [3.05, 3.63) is 48.5 Å². The summed E-state index contributed by atoms with van der Waals surface area (Å²) in [5.41, 5.74) is 6.14. The van der Waals surface area contributed by atoms with E-state index < -0.39 is 9.84 Å². The van der Waals surface area contributed by atoms with Gasteiger partial charge in [0.15, 0.2) is 9.84 Å². The fourth-order valence-electron chi connectivity index (χ4n) is 2.52. The van der Waals surface area contributed by atoms with Gasteiger partial charge in [-0.1, -0.05) is 18.9 Å². The zero-order chi connectivity index (χ0) is 19.7. The third kappa shape index (κ3) is 8.29. The molecule has 0 unspecified atom stereocenters. The van der Waals surface area contributed by atoms with Crippen LogP contribution in [-0.2, 0) is 14.6 Å². The Kier molecular flexibility index (Phi) is 9.99. The van der Waals surface area contributed by atoms with Crippen LogP contribution in [0.15, 0.2) is 53.4 Å². The predicted octanol–water partition coefficient (Wildman–Crippen LogP) is 4.15. The molecular formula is C20H27ClN2O4S. The number of anilines is 1. The van der Waals surface area contributed by atoms with Crippen LogP contribution in [0.2, 0.25) is 0 Å². The molecule has 2 aromatic carbocycles. The van der Waals surface area contributed by atoms with Gasteiger partial charge in [0.2, 0.25) is 5.91 Å². The lowest BCUT2D eigenvalue weighted by Gasteiger charge is -2.09. The second-order valence-corrected chi connectivity index (χ2v) is 8.39. The number of rotatable bonds is 10. The van der Waals surface area contributed by atoms with Crippen LogP contribution in [0.4, 0.5) is 5.69 Å². The molecule has 0 aliphatic rings. The number of carbonyl (C=O) groups excluding carboxylic acids is 1. The number of amides is 1. The molecule has 2 rings (SSSR count). The summed E-state index contributed by atoms with van der Waals surface area (Å²) >= 11 is 0. The van der Waals surface area contributed by atoms with Crippen molar-refractivity contribution in [1.82, 2.24) is 0 Å². The number of halogens is 1. The Morgan fingerprint density at radius 1 is 1.00 bits per heavy atom. The largest absolute Gasteiger partial charge is 0.457 e. The Labute approximate surface area is 172 Å². The van der Waals surface area contributed by atoms with Crippen molar-refractivity contribution < 1.29 is 17.9 Å². The minimum absolute atomic E-state index is 0. The SMILES string of the molecule is CS(=O)(=O)c1cccc(Oc2ccc(NC(=O)CCCCCCN)cc2)c1.Cl. The number of hydrogen-bond acceptors (Lipinski definition) is 5. The molecular weight excluding hydrogens is 400 g/mol. The Balaban J connectivity index is 0.00000392. The first-order chi connectivity index (χ1) is 12.9. The molecule has 0 bridgehead atoms. The second-order valence-electron chi connectivity index (χ2n) is 6.37. The summed E-state index contributed by atoms with van der Waals surface area (Å²) in [5, 5.41) is 2.85. The molecule has 0 saturated carbocycles. The van der Waals surface area contributed by atoms with E-state index in [1.807, 2.05) is 0 Å². The highest BCUT2D eigenvalue weighted by molar-refractivity contribution is 7.90. The van der Waals surface area contributed by atoms with Crippen molar-refractivity contribution in [2.45, 2.75) is 37.0 Å². The molecule has 0 atom stereocenters. The van der Waals surface area contributed by atoms with Crippen molar-refractivity contribution in [3.8, 4) is 11.5 Å². The van der Waals surface area contributed by atoms with Crippen molar-refractivity contribution in [2.75, 3.05) is 18.1 Å². The molecule has 0 fully saturated rings. The van der Waals surface area contributed by atoms with E-state index >= 15 is 0 Å². The molecule has 2 aromatic rings. The molecule has 0 aromatic heterocycles. The number of nitrogens with one attached hydrogen (secondary N) is 1. The number of carbonyl (C=O) groups is 1. The van der Waals surface area contributed by atoms with Gasteiger partial charge in [0.25, 0.3) is 0 Å². The Morgan fingerprint density at radius 3 is 2.32 bits per heavy atom. The fourth-order valence-corrected chi connectivity index (χ4v) is 3.17. The van der Waals surface area contributed by atoms with E-state index in [0.29, 0.717) is 30.2 Å². The molecule has 28 heavy (non-hydrogen) atoms. The average Bonchev–Trinajstić information content (AvgIpc) is 2.63. The molecule has 0 aliphatic heterocycles. The summed E-state index contributed by atoms with van der Waals surface area (Å²) in [7, 11) is -3.28. The van der Waals surface area contributed by atoms with Crippen molar-refractivity contribution in [1.29, 1.82) is 0 Å². The summed E-state index contributed by atoms with van der Waals surface area (Å²) < 4.78 is 28.9. The fraction of sp³-hybridized carbons (Fsp3) is 0.350. The van der Waals surface area contributed by atoms with Gasteiger partial charge in [-0.05, 0) is 61.9 Å². The maximum atomic E-state index is 11.9. The van der Waals surface area contributed by atoms with Crippen LogP contribution in [0.3, 0.4) is 0 Å². The molecule has 1 amide bonds. The highest BCUT2D eigenvalue weighted by Gasteiger charge is 2.08. The Hall–Kier alpha value is -2.09. The maximum Gasteiger partial charge on any atom is 0.224 e. The summed E-state index contributed by atoms with van der Waals surface area (Å²) in [5.74, 6) is 0.977.